The summed E-state index contributed by atoms with van der Waals surface area (Å²) in [5, 5.41) is 11.2. The average Bonchev–Trinajstić information content (AvgIpc) is 2.78. The summed E-state index contributed by atoms with van der Waals surface area (Å²) in [5.41, 5.74) is 2.35. The summed E-state index contributed by atoms with van der Waals surface area (Å²) >= 11 is 0. The summed E-state index contributed by atoms with van der Waals surface area (Å²) in [5.74, 6) is 0.885. The van der Waals surface area contributed by atoms with Crippen LogP contribution in [0.25, 0.3) is 0 Å². The van der Waals surface area contributed by atoms with Crippen LogP contribution < -0.4 is 10.6 Å². The Labute approximate surface area is 164 Å². The molecule has 0 atom stereocenters. The quantitative estimate of drug-likeness (QED) is 0.277. The predicted octanol–water partition coefficient (Wildman–Crippen LogP) is 2.40. The lowest BCUT2D eigenvalue weighted by Gasteiger charge is -2.31. The number of aryl methyl sites for hydroxylation is 3. The Morgan fingerprint density at radius 1 is 1.29 bits per heavy atom. The van der Waals surface area contributed by atoms with Gasteiger partial charge in [-0.2, -0.15) is 5.10 Å². The van der Waals surface area contributed by atoms with E-state index in [1.54, 1.807) is 0 Å². The number of nitrogens with one attached hydrogen (secondary N) is 2. The fourth-order valence-corrected chi connectivity index (χ4v) is 2.09. The van der Waals surface area contributed by atoms with Crippen LogP contribution in [0, 0.1) is 13.8 Å². The zero-order chi connectivity index (χ0) is 17.5. The molecule has 0 aliphatic heterocycles. The van der Waals surface area contributed by atoms with E-state index in [1.807, 2.05) is 6.92 Å². The van der Waals surface area contributed by atoms with Crippen LogP contribution in [-0.2, 0) is 6.54 Å². The summed E-state index contributed by atoms with van der Waals surface area (Å²) in [7, 11) is 4.18. The molecule has 1 aromatic rings. The maximum Gasteiger partial charge on any atom is 0.191 e. The molecule has 0 bridgehead atoms. The molecule has 0 saturated carbocycles. The zero-order valence-electron chi connectivity index (χ0n) is 16.3. The normalized spacial score (nSPS) is 12.2. The number of hydrogen-bond donors (Lipinski definition) is 2. The van der Waals surface area contributed by atoms with E-state index in [4.69, 9.17) is 4.99 Å². The minimum atomic E-state index is 0. The molecular weight excluding hydrogens is 415 g/mol. The zero-order valence-corrected chi connectivity index (χ0v) is 18.6. The van der Waals surface area contributed by atoms with Gasteiger partial charge in [0.25, 0.3) is 0 Å². The van der Waals surface area contributed by atoms with Crippen molar-refractivity contribution in [2.45, 2.75) is 53.1 Å². The Morgan fingerprint density at radius 2 is 1.96 bits per heavy atom. The first-order valence-electron chi connectivity index (χ1n) is 8.47. The predicted molar refractivity (Wildman–Crippen MR) is 113 cm³/mol. The Kier molecular flexibility index (Phi) is 10.5. The van der Waals surface area contributed by atoms with Gasteiger partial charge in [0.1, 0.15) is 0 Å². The number of aliphatic imine (C=N–C) groups is 1. The van der Waals surface area contributed by atoms with Gasteiger partial charge in [0.15, 0.2) is 5.96 Å². The van der Waals surface area contributed by atoms with E-state index < -0.39 is 0 Å². The van der Waals surface area contributed by atoms with Crippen molar-refractivity contribution in [1.29, 1.82) is 0 Å². The van der Waals surface area contributed by atoms with Crippen molar-refractivity contribution in [2.75, 3.05) is 33.7 Å². The van der Waals surface area contributed by atoms with Crippen molar-refractivity contribution >= 4 is 29.9 Å². The topological polar surface area (TPSA) is 57.5 Å². The fraction of sp³-hybridized carbons (Fsp3) is 0.765. The third-order valence-corrected chi connectivity index (χ3v) is 4.12. The average molecular weight is 450 g/mol. The molecule has 140 valence electrons. The second-order valence-corrected chi connectivity index (χ2v) is 6.83. The number of likely N-dealkylation sites (N-methyl/N-ethyl adjacent to an activating group) is 1. The van der Waals surface area contributed by atoms with Crippen molar-refractivity contribution < 1.29 is 0 Å². The van der Waals surface area contributed by atoms with Gasteiger partial charge in [-0.15, -0.1) is 24.0 Å². The molecule has 0 unspecified atom stereocenters. The van der Waals surface area contributed by atoms with Crippen LogP contribution in [0.5, 0.6) is 0 Å². The third kappa shape index (κ3) is 7.83. The number of aromatic nitrogens is 2. The standard InChI is InChI=1S/C17H34N6.HI/c1-8-18-16(20-13-17(4,5)22(6)7)19-10-9-11-23-15(3)12-14(2)21-23;/h12H,8-11,13H2,1-7H3,(H2,18,19,20);1H. The molecule has 0 radical (unpaired) electrons. The lowest BCUT2D eigenvalue weighted by Crippen LogP contribution is -2.44. The monoisotopic (exact) mass is 450 g/mol. The van der Waals surface area contributed by atoms with Gasteiger partial charge in [-0.05, 0) is 61.2 Å². The minimum Gasteiger partial charge on any atom is -0.357 e. The highest BCUT2D eigenvalue weighted by molar-refractivity contribution is 14.0. The summed E-state index contributed by atoms with van der Waals surface area (Å²) in [6.45, 7) is 14.0. The van der Waals surface area contributed by atoms with E-state index in [2.05, 4.69) is 73.2 Å². The van der Waals surface area contributed by atoms with E-state index in [9.17, 15) is 0 Å². The van der Waals surface area contributed by atoms with E-state index >= 15 is 0 Å². The molecule has 0 aliphatic rings. The van der Waals surface area contributed by atoms with Crippen LogP contribution in [0.1, 0.15) is 38.6 Å². The summed E-state index contributed by atoms with van der Waals surface area (Å²) in [6, 6.07) is 2.11. The van der Waals surface area contributed by atoms with Gasteiger partial charge in [-0.25, -0.2) is 0 Å². The molecule has 1 heterocycles. The highest BCUT2D eigenvalue weighted by Gasteiger charge is 2.19. The Hall–Kier alpha value is -0.830. The third-order valence-electron chi connectivity index (χ3n) is 4.12. The molecule has 24 heavy (non-hydrogen) atoms. The lowest BCUT2D eigenvalue weighted by molar-refractivity contribution is 0.204. The number of halogens is 1. The molecule has 7 heteroatoms. The van der Waals surface area contributed by atoms with Gasteiger partial charge in [0.2, 0.25) is 0 Å². The molecule has 0 aromatic carbocycles. The first kappa shape index (κ1) is 23.2. The largest absolute Gasteiger partial charge is 0.357 e. The van der Waals surface area contributed by atoms with Crippen LogP contribution in [0.2, 0.25) is 0 Å². The fourth-order valence-electron chi connectivity index (χ4n) is 2.09. The molecule has 0 amide bonds. The van der Waals surface area contributed by atoms with Crippen molar-refractivity contribution in [3.63, 3.8) is 0 Å². The van der Waals surface area contributed by atoms with E-state index in [-0.39, 0.29) is 29.5 Å². The van der Waals surface area contributed by atoms with Crippen LogP contribution in [0.15, 0.2) is 11.1 Å². The van der Waals surface area contributed by atoms with Gasteiger partial charge in [-0.3, -0.25) is 9.67 Å². The van der Waals surface area contributed by atoms with Crippen molar-refractivity contribution in [3.8, 4) is 0 Å². The first-order chi connectivity index (χ1) is 10.8. The Balaban J connectivity index is 0.00000529. The molecule has 2 N–H and O–H groups in total. The number of hydrogen-bond acceptors (Lipinski definition) is 3. The molecule has 0 saturated heterocycles. The van der Waals surface area contributed by atoms with Crippen molar-refractivity contribution in [2.24, 2.45) is 4.99 Å². The SMILES string of the molecule is CCNC(=NCC(C)(C)N(C)C)NCCCn1nc(C)cc1C.I. The number of rotatable bonds is 8. The van der Waals surface area contributed by atoms with Gasteiger partial charge in [-0.1, -0.05) is 0 Å². The van der Waals surface area contributed by atoms with E-state index in [1.165, 1.54) is 5.69 Å². The molecule has 0 spiro atoms. The van der Waals surface area contributed by atoms with Crippen LogP contribution in [0.3, 0.4) is 0 Å². The Bertz CT molecular complexity index is 507. The summed E-state index contributed by atoms with van der Waals surface area (Å²) in [6.07, 6.45) is 1.02. The smallest absolute Gasteiger partial charge is 0.191 e. The molecule has 0 fully saturated rings. The van der Waals surface area contributed by atoms with Gasteiger partial charge < -0.3 is 15.5 Å². The summed E-state index contributed by atoms with van der Waals surface area (Å²) < 4.78 is 2.07. The van der Waals surface area contributed by atoms with Gasteiger partial charge in [0.05, 0.1) is 12.2 Å². The lowest BCUT2D eigenvalue weighted by atomic mass is 10.1. The molecule has 0 aliphatic carbocycles. The molecule has 6 nitrogen and oxygen atoms in total. The highest BCUT2D eigenvalue weighted by Crippen LogP contribution is 2.09. The van der Waals surface area contributed by atoms with E-state index in [0.29, 0.717) is 0 Å². The Morgan fingerprint density at radius 3 is 2.46 bits per heavy atom. The van der Waals surface area contributed by atoms with E-state index in [0.717, 1.165) is 44.3 Å². The van der Waals surface area contributed by atoms with Gasteiger partial charge in [0, 0.05) is 30.9 Å². The van der Waals surface area contributed by atoms with Crippen LogP contribution >= 0.6 is 24.0 Å². The molecule has 1 rings (SSSR count). The number of nitrogens with zero attached hydrogens (tertiary/aromatic N) is 4. The van der Waals surface area contributed by atoms with Gasteiger partial charge >= 0.3 is 0 Å². The maximum absolute atomic E-state index is 4.70. The second-order valence-electron chi connectivity index (χ2n) is 6.83. The molecule has 1 aromatic heterocycles. The maximum atomic E-state index is 4.70. The summed E-state index contributed by atoms with van der Waals surface area (Å²) in [4.78, 5) is 6.90. The van der Waals surface area contributed by atoms with Crippen molar-refractivity contribution in [1.82, 2.24) is 25.3 Å². The molecular formula is C17H35IN6. The van der Waals surface area contributed by atoms with Crippen molar-refractivity contribution in [3.05, 3.63) is 17.5 Å². The minimum absolute atomic E-state index is 0. The number of guanidine groups is 1. The van der Waals surface area contributed by atoms with Crippen LogP contribution in [-0.4, -0.2) is 59.9 Å². The second kappa shape index (κ2) is 10.9. The first-order valence-corrected chi connectivity index (χ1v) is 8.47. The van der Waals surface area contributed by atoms with Crippen LogP contribution in [0.4, 0.5) is 0 Å². The highest BCUT2D eigenvalue weighted by atomic mass is 127.